The molecular weight excluding hydrogens is 307 g/mol. The summed E-state index contributed by atoms with van der Waals surface area (Å²) in [6.07, 6.45) is 0. The summed E-state index contributed by atoms with van der Waals surface area (Å²) in [5.74, 6) is -3.71. The Morgan fingerprint density at radius 1 is 0.789 bits per heavy atom. The van der Waals surface area contributed by atoms with E-state index in [1.165, 1.54) is 0 Å². The maximum atomic E-state index is 10.1. The molecule has 19 heavy (non-hydrogen) atoms. The van der Waals surface area contributed by atoms with E-state index in [1.807, 2.05) is 0 Å². The summed E-state index contributed by atoms with van der Waals surface area (Å²) in [4.78, 5) is 39.6. The second-order valence-corrected chi connectivity index (χ2v) is 2.56. The minimum atomic E-state index is -1.16. The van der Waals surface area contributed by atoms with Gasteiger partial charge in [0.05, 0.1) is 0 Å². The Labute approximate surface area is 118 Å². The average Bonchev–Trinajstić information content (AvgIpc) is 2.33. The first kappa shape index (κ1) is 22.5. The molecule has 0 heterocycles. The van der Waals surface area contributed by atoms with Crippen molar-refractivity contribution in [2.75, 3.05) is 26.2 Å². The number of nitrogens with zero attached hydrogens (tertiary/aromatic N) is 2. The second kappa shape index (κ2) is 14.4. The van der Waals surface area contributed by atoms with Crippen molar-refractivity contribution in [1.82, 2.24) is 0 Å². The van der Waals surface area contributed by atoms with E-state index in [1.54, 1.807) is 0 Å². The molecule has 0 aliphatic rings. The molecule has 4 N–H and O–H groups in total. The molecule has 114 valence electrons. The molecule has 10 nitrogen and oxygen atoms in total. The largest absolute Gasteiger partial charge is 0.673 e. The molecule has 0 aliphatic carbocycles. The zero-order valence-corrected chi connectivity index (χ0v) is 10.6. The van der Waals surface area contributed by atoms with E-state index in [0.717, 1.165) is 0 Å². The molecule has 0 spiro atoms. The number of nitrogens with one attached hydrogen (secondary N) is 2. The third-order valence-corrected chi connectivity index (χ3v) is 1.08. The van der Waals surface area contributed by atoms with Gasteiger partial charge in [-0.15, -0.1) is 13.1 Å². The van der Waals surface area contributed by atoms with Gasteiger partial charge in [-0.05, 0) is 13.1 Å². The monoisotopic (exact) mass is 318 g/mol. The van der Waals surface area contributed by atoms with Crippen molar-refractivity contribution >= 4 is 23.8 Å². The summed E-state index contributed by atoms with van der Waals surface area (Å²) in [6, 6.07) is 0. The second-order valence-electron chi connectivity index (χ2n) is 2.56. The van der Waals surface area contributed by atoms with Crippen LogP contribution in [0, 0.1) is 0 Å². The van der Waals surface area contributed by atoms with Crippen LogP contribution in [0.25, 0.3) is 22.1 Å². The molecule has 0 fully saturated rings. The molecule has 0 unspecified atom stereocenters. The van der Waals surface area contributed by atoms with Crippen LogP contribution in [0.2, 0.25) is 0 Å². The Bertz CT molecular complexity index is 282. The molecular formula is C8H12N4NiO6-4. The van der Waals surface area contributed by atoms with Crippen LogP contribution in [0.15, 0.2) is 0 Å². The Kier molecular flexibility index (Phi) is 17.0. The first-order chi connectivity index (χ1) is 8.33. The number of carboxylic acids is 2. The van der Waals surface area contributed by atoms with Gasteiger partial charge in [0.15, 0.2) is 0 Å². The van der Waals surface area contributed by atoms with Crippen molar-refractivity contribution < 1.29 is 45.9 Å². The number of rotatable bonds is 6. The number of carbonyl (C=O) groups is 4. The van der Waals surface area contributed by atoms with Gasteiger partial charge in [-0.3, -0.25) is 9.59 Å². The van der Waals surface area contributed by atoms with E-state index in [2.05, 4.69) is 10.6 Å². The minimum absolute atomic E-state index is 0. The van der Waals surface area contributed by atoms with E-state index >= 15 is 0 Å². The molecule has 0 rings (SSSR count). The molecule has 0 aliphatic heterocycles. The normalized spacial score (nSPS) is 8.11. The van der Waals surface area contributed by atoms with Crippen molar-refractivity contribution in [3.05, 3.63) is 22.1 Å². The van der Waals surface area contributed by atoms with E-state index < -0.39 is 49.9 Å². The summed E-state index contributed by atoms with van der Waals surface area (Å²) < 4.78 is 0. The summed E-state index contributed by atoms with van der Waals surface area (Å²) >= 11 is 0. The molecule has 0 saturated heterocycles. The molecule has 0 radical (unpaired) electrons. The SMILES string of the molecule is [NH-]CC(=O)[N-]CC(=O)O.[NH-]CC(=O)[N-]CC(=O)O.[Ni]. The molecule has 0 atom stereocenters. The first-order valence-corrected chi connectivity index (χ1v) is 4.46. The van der Waals surface area contributed by atoms with Crippen LogP contribution in [-0.2, 0) is 35.7 Å². The van der Waals surface area contributed by atoms with Gasteiger partial charge >= 0.3 is 0 Å². The number of hydrogen-bond acceptors (Lipinski definition) is 4. The smallest absolute Gasteiger partial charge is 0.285 e. The first-order valence-electron chi connectivity index (χ1n) is 4.46. The molecule has 0 aromatic heterocycles. The van der Waals surface area contributed by atoms with Gasteiger partial charge in [0.25, 0.3) is 11.9 Å². The summed E-state index contributed by atoms with van der Waals surface area (Å²) in [5.41, 5.74) is 12.8. The molecule has 0 bridgehead atoms. The topological polar surface area (TPSA) is 185 Å². The van der Waals surface area contributed by atoms with Crippen molar-refractivity contribution in [2.24, 2.45) is 0 Å². The van der Waals surface area contributed by atoms with Gasteiger partial charge in [0.1, 0.15) is 0 Å². The Morgan fingerprint density at radius 3 is 1.21 bits per heavy atom. The number of carbonyl (C=O) groups excluding carboxylic acids is 2. The minimum Gasteiger partial charge on any atom is -0.673 e. The fourth-order valence-electron chi connectivity index (χ4n) is 0.423. The molecule has 0 saturated carbocycles. The van der Waals surface area contributed by atoms with E-state index in [-0.39, 0.29) is 16.5 Å². The number of carboxylic acid groups (broad SMARTS) is 2. The van der Waals surface area contributed by atoms with Gasteiger partial charge in [-0.1, -0.05) is 0 Å². The van der Waals surface area contributed by atoms with Gasteiger partial charge in [-0.25, -0.2) is 0 Å². The van der Waals surface area contributed by atoms with Crippen LogP contribution < -0.4 is 0 Å². The van der Waals surface area contributed by atoms with Crippen molar-refractivity contribution in [3.63, 3.8) is 0 Å². The van der Waals surface area contributed by atoms with Gasteiger partial charge < -0.3 is 41.9 Å². The van der Waals surface area contributed by atoms with Crippen molar-refractivity contribution in [3.8, 4) is 0 Å². The predicted molar refractivity (Wildman–Crippen MR) is 60.1 cm³/mol. The zero-order chi connectivity index (χ0) is 14.6. The quantitative estimate of drug-likeness (QED) is 0.651. The summed E-state index contributed by atoms with van der Waals surface area (Å²) in [7, 11) is 0. The fraction of sp³-hybridized carbons (Fsp3) is 0.500. The number of aliphatic carboxylic acids is 2. The average molecular weight is 319 g/mol. The Morgan fingerprint density at radius 2 is 1.05 bits per heavy atom. The van der Waals surface area contributed by atoms with E-state index in [0.29, 0.717) is 0 Å². The van der Waals surface area contributed by atoms with Crippen molar-refractivity contribution in [2.45, 2.75) is 0 Å². The predicted octanol–water partition coefficient (Wildman–Crippen LogP) is 0.0445. The molecule has 0 aromatic rings. The number of amides is 2. The molecule has 11 heteroatoms. The van der Waals surface area contributed by atoms with Crippen LogP contribution in [-0.4, -0.2) is 60.1 Å². The third kappa shape index (κ3) is 22.0. The molecule has 0 aromatic carbocycles. The Hall–Kier alpha value is -1.71. The van der Waals surface area contributed by atoms with Crippen molar-refractivity contribution in [1.29, 1.82) is 0 Å². The van der Waals surface area contributed by atoms with Gasteiger partial charge in [0.2, 0.25) is 0 Å². The van der Waals surface area contributed by atoms with Crippen LogP contribution in [0.3, 0.4) is 0 Å². The van der Waals surface area contributed by atoms with E-state index in [9.17, 15) is 19.2 Å². The third-order valence-electron chi connectivity index (χ3n) is 1.08. The fourth-order valence-corrected chi connectivity index (χ4v) is 0.423. The summed E-state index contributed by atoms with van der Waals surface area (Å²) in [6.45, 7) is -2.02. The van der Waals surface area contributed by atoms with Gasteiger partial charge in [-0.2, -0.15) is 0 Å². The summed E-state index contributed by atoms with van der Waals surface area (Å²) in [5, 5.41) is 21.9. The van der Waals surface area contributed by atoms with E-state index in [4.69, 9.17) is 21.7 Å². The standard InChI is InChI=1S/2C4H7N2O3.Ni/c2*5-1-3(7)6-2-4(8)9;/h2*5H,1-2H2,(H2,6,7,8,9);/q2*-1;/p-2. The van der Waals surface area contributed by atoms with Crippen LogP contribution in [0.1, 0.15) is 0 Å². The number of hydrogen-bond donors (Lipinski definition) is 2. The van der Waals surface area contributed by atoms with Crippen LogP contribution >= 0.6 is 0 Å². The Balaban J connectivity index is -0.000000256. The maximum Gasteiger partial charge on any atom is 0.285 e. The molecule has 2 amide bonds. The zero-order valence-electron chi connectivity index (χ0n) is 9.57. The van der Waals surface area contributed by atoms with Crippen LogP contribution in [0.4, 0.5) is 0 Å². The van der Waals surface area contributed by atoms with Gasteiger partial charge in [0, 0.05) is 28.3 Å². The van der Waals surface area contributed by atoms with Crippen LogP contribution in [0.5, 0.6) is 0 Å². The maximum absolute atomic E-state index is 10.1.